The van der Waals surface area contributed by atoms with E-state index in [9.17, 15) is 0 Å². The van der Waals surface area contributed by atoms with Gasteiger partial charge < -0.3 is 5.73 Å². The maximum Gasteiger partial charge on any atom is 0.151 e. The van der Waals surface area contributed by atoms with E-state index in [0.29, 0.717) is 20.9 Å². The fourth-order valence-corrected chi connectivity index (χ4v) is 2.10. The van der Waals surface area contributed by atoms with Gasteiger partial charge in [-0.25, -0.2) is 0 Å². The molecule has 3 nitrogen and oxygen atoms in total. The van der Waals surface area contributed by atoms with Crippen LogP contribution in [0.2, 0.25) is 10.2 Å². The first kappa shape index (κ1) is 13.2. The van der Waals surface area contributed by atoms with Crippen molar-refractivity contribution in [3.05, 3.63) is 57.8 Å². The number of nitrogens with two attached hydrogens (primary N) is 1. The topological polar surface area (TPSA) is 51.8 Å². The van der Waals surface area contributed by atoms with Crippen LogP contribution in [0.1, 0.15) is 17.2 Å². The molecule has 0 amide bonds. The van der Waals surface area contributed by atoms with Crippen LogP contribution in [0.15, 0.2) is 36.4 Å². The Hall–Kier alpha value is -1.23. The Morgan fingerprint density at radius 1 is 1.06 bits per heavy atom. The van der Waals surface area contributed by atoms with Gasteiger partial charge in [0.15, 0.2) is 5.15 Å². The van der Waals surface area contributed by atoms with Crippen molar-refractivity contribution >= 4 is 40.4 Å². The molecule has 0 aliphatic carbocycles. The summed E-state index contributed by atoms with van der Waals surface area (Å²) in [6.07, 6.45) is 0. The number of halogens is 2. The second-order valence-electron chi connectivity index (χ2n) is 3.67. The van der Waals surface area contributed by atoms with Crippen LogP contribution in [0.5, 0.6) is 0 Å². The normalized spacial score (nSPS) is 12.1. The minimum absolute atomic E-state index is 0.290. The second kappa shape index (κ2) is 5.61. The number of nitrogens with zero attached hydrogens (tertiary/aromatic N) is 2. The maximum atomic E-state index is 5.85. The van der Waals surface area contributed by atoms with Gasteiger partial charge in [-0.05, 0) is 29.8 Å². The molecule has 1 atom stereocenters. The molecule has 6 heteroatoms. The summed E-state index contributed by atoms with van der Waals surface area (Å²) in [5.74, 6) is -0.290. The molecule has 92 valence electrons. The smallest absolute Gasteiger partial charge is 0.151 e. The highest BCUT2D eigenvalue weighted by Gasteiger charge is 2.19. The Bertz CT molecular complexity index is 509. The Morgan fingerprint density at radius 3 is 2.22 bits per heavy atom. The number of hydrogen-bond donors (Lipinski definition) is 1. The van der Waals surface area contributed by atoms with Crippen molar-refractivity contribution in [3.8, 4) is 0 Å². The van der Waals surface area contributed by atoms with Crippen LogP contribution in [0.25, 0.3) is 0 Å². The Kier molecular flexibility index (Phi) is 4.11. The average molecular weight is 298 g/mol. The zero-order valence-corrected chi connectivity index (χ0v) is 11.5. The van der Waals surface area contributed by atoms with Gasteiger partial charge in [-0.1, -0.05) is 47.6 Å². The van der Waals surface area contributed by atoms with Gasteiger partial charge in [0, 0.05) is 5.02 Å². The predicted octanol–water partition coefficient (Wildman–Crippen LogP) is 3.20. The summed E-state index contributed by atoms with van der Waals surface area (Å²) in [6.45, 7) is 0. The van der Waals surface area contributed by atoms with Gasteiger partial charge >= 0.3 is 0 Å². The third-order valence-electron chi connectivity index (χ3n) is 2.44. The first-order chi connectivity index (χ1) is 8.58. The van der Waals surface area contributed by atoms with Crippen LogP contribution < -0.4 is 5.73 Å². The summed E-state index contributed by atoms with van der Waals surface area (Å²) >= 11 is 16.7. The molecule has 1 unspecified atom stereocenters. The molecule has 0 saturated carbocycles. The monoisotopic (exact) mass is 297 g/mol. The molecule has 0 bridgehead atoms. The summed E-state index contributed by atoms with van der Waals surface area (Å²) in [7, 11) is 0. The van der Waals surface area contributed by atoms with Crippen molar-refractivity contribution < 1.29 is 0 Å². The number of benzene rings is 1. The van der Waals surface area contributed by atoms with Gasteiger partial charge in [0.05, 0.1) is 16.6 Å². The lowest BCUT2D eigenvalue weighted by atomic mass is 9.95. The maximum absolute atomic E-state index is 5.85. The molecule has 0 saturated heterocycles. The van der Waals surface area contributed by atoms with Gasteiger partial charge in [0.25, 0.3) is 0 Å². The standard InChI is InChI=1S/C12H9Cl2N3S/c13-8-3-1-7(2-4-8)11(12(15)18)9-5-6-10(14)17-16-9/h1-6,11H,(H2,15,18). The molecular formula is C12H9Cl2N3S. The summed E-state index contributed by atoms with van der Waals surface area (Å²) in [6, 6.07) is 10.7. The van der Waals surface area contributed by atoms with E-state index in [4.69, 9.17) is 41.2 Å². The quantitative estimate of drug-likeness (QED) is 0.884. The molecule has 0 radical (unpaired) electrons. The highest BCUT2D eigenvalue weighted by atomic mass is 35.5. The van der Waals surface area contributed by atoms with Crippen molar-refractivity contribution in [3.63, 3.8) is 0 Å². The van der Waals surface area contributed by atoms with Crippen molar-refractivity contribution in [1.29, 1.82) is 0 Å². The van der Waals surface area contributed by atoms with Gasteiger partial charge in [0.1, 0.15) is 0 Å². The first-order valence-electron chi connectivity index (χ1n) is 5.12. The molecule has 1 aromatic heterocycles. The second-order valence-corrected chi connectivity index (χ2v) is 4.96. The molecule has 2 rings (SSSR count). The molecule has 0 spiro atoms. The fourth-order valence-electron chi connectivity index (χ4n) is 1.62. The van der Waals surface area contributed by atoms with E-state index in [1.54, 1.807) is 24.3 Å². The molecular weight excluding hydrogens is 289 g/mol. The van der Waals surface area contributed by atoms with Gasteiger partial charge in [-0.3, -0.25) is 0 Å². The third-order valence-corrected chi connectivity index (χ3v) is 3.13. The average Bonchev–Trinajstić information content (AvgIpc) is 2.34. The summed E-state index contributed by atoms with van der Waals surface area (Å²) in [5, 5.41) is 8.80. The van der Waals surface area contributed by atoms with Crippen LogP contribution in [0.3, 0.4) is 0 Å². The van der Waals surface area contributed by atoms with Crippen LogP contribution in [-0.4, -0.2) is 15.2 Å². The fraction of sp³-hybridized carbons (Fsp3) is 0.0833. The summed E-state index contributed by atoms with van der Waals surface area (Å²) in [4.78, 5) is 0.328. The zero-order chi connectivity index (χ0) is 13.1. The number of thiocarbonyl (C=S) groups is 1. The van der Waals surface area contributed by atoms with E-state index in [1.807, 2.05) is 12.1 Å². The lowest BCUT2D eigenvalue weighted by Gasteiger charge is -2.14. The Morgan fingerprint density at radius 2 is 1.72 bits per heavy atom. The lowest BCUT2D eigenvalue weighted by Crippen LogP contribution is -2.21. The van der Waals surface area contributed by atoms with E-state index >= 15 is 0 Å². The SMILES string of the molecule is NC(=S)C(c1ccc(Cl)cc1)c1ccc(Cl)nn1. The number of aromatic nitrogens is 2. The van der Waals surface area contributed by atoms with E-state index in [-0.39, 0.29) is 5.92 Å². The van der Waals surface area contributed by atoms with Gasteiger partial charge in [-0.2, -0.15) is 5.10 Å². The summed E-state index contributed by atoms with van der Waals surface area (Å²) < 4.78 is 0. The number of hydrogen-bond acceptors (Lipinski definition) is 3. The first-order valence-corrected chi connectivity index (χ1v) is 6.28. The minimum atomic E-state index is -0.290. The van der Waals surface area contributed by atoms with Gasteiger partial charge in [0.2, 0.25) is 0 Å². The molecule has 1 heterocycles. The lowest BCUT2D eigenvalue weighted by molar-refractivity contribution is 0.902. The Labute approximate surface area is 120 Å². The molecule has 0 aliphatic rings. The minimum Gasteiger partial charge on any atom is -0.392 e. The van der Waals surface area contributed by atoms with Crippen molar-refractivity contribution in [1.82, 2.24) is 10.2 Å². The van der Waals surface area contributed by atoms with Crippen LogP contribution in [-0.2, 0) is 0 Å². The Balaban J connectivity index is 2.43. The highest BCUT2D eigenvalue weighted by Crippen LogP contribution is 2.25. The van der Waals surface area contributed by atoms with Crippen molar-refractivity contribution in [2.24, 2.45) is 5.73 Å². The third kappa shape index (κ3) is 2.96. The van der Waals surface area contributed by atoms with Crippen LogP contribution >= 0.6 is 35.4 Å². The van der Waals surface area contributed by atoms with Gasteiger partial charge in [-0.15, -0.1) is 5.10 Å². The molecule has 2 N–H and O–H groups in total. The van der Waals surface area contributed by atoms with E-state index in [2.05, 4.69) is 10.2 Å². The van der Waals surface area contributed by atoms with Crippen molar-refractivity contribution in [2.75, 3.05) is 0 Å². The van der Waals surface area contributed by atoms with E-state index in [1.165, 1.54) is 0 Å². The largest absolute Gasteiger partial charge is 0.392 e. The molecule has 2 aromatic rings. The van der Waals surface area contributed by atoms with Crippen molar-refractivity contribution in [2.45, 2.75) is 5.92 Å². The zero-order valence-electron chi connectivity index (χ0n) is 9.18. The predicted molar refractivity (Wildman–Crippen MR) is 77.1 cm³/mol. The molecule has 1 aromatic carbocycles. The van der Waals surface area contributed by atoms with Crippen LogP contribution in [0.4, 0.5) is 0 Å². The van der Waals surface area contributed by atoms with E-state index in [0.717, 1.165) is 5.56 Å². The molecule has 0 aliphatic heterocycles. The number of rotatable bonds is 3. The van der Waals surface area contributed by atoms with E-state index < -0.39 is 0 Å². The summed E-state index contributed by atoms with van der Waals surface area (Å²) in [5.41, 5.74) is 7.36. The molecule has 0 fully saturated rings. The van der Waals surface area contributed by atoms with Crippen LogP contribution in [0, 0.1) is 0 Å². The molecule has 18 heavy (non-hydrogen) atoms. The highest BCUT2D eigenvalue weighted by molar-refractivity contribution is 7.80.